The summed E-state index contributed by atoms with van der Waals surface area (Å²) < 4.78 is 40.9. The minimum atomic E-state index is -4.55. The Bertz CT molecular complexity index is 789. The first-order valence-electron chi connectivity index (χ1n) is 8.32. The number of hydrogen-bond donors (Lipinski definition) is 1. The van der Waals surface area contributed by atoms with Crippen molar-refractivity contribution in [2.75, 3.05) is 13.1 Å². The second-order valence-electron chi connectivity index (χ2n) is 6.73. The van der Waals surface area contributed by atoms with Gasteiger partial charge in [-0.2, -0.15) is 13.2 Å². The fraction of sp³-hybridized carbons (Fsp3) is 0.529. The molecule has 1 aromatic carbocycles. The molecule has 2 heterocycles. The predicted octanol–water partition coefficient (Wildman–Crippen LogP) is 3.20. The van der Waals surface area contributed by atoms with Crippen LogP contribution in [0.25, 0.3) is 11.0 Å². The largest absolute Gasteiger partial charge is 0.449 e. The molecule has 0 saturated carbocycles. The van der Waals surface area contributed by atoms with Crippen LogP contribution >= 0.6 is 0 Å². The van der Waals surface area contributed by atoms with Crippen LogP contribution in [0.4, 0.5) is 13.2 Å². The van der Waals surface area contributed by atoms with Crippen LogP contribution in [0, 0.1) is 0 Å². The average Bonchev–Trinajstić information content (AvgIpc) is 2.94. The third-order valence-electron chi connectivity index (χ3n) is 4.53. The Labute approximate surface area is 143 Å². The zero-order chi connectivity index (χ0) is 18.4. The summed E-state index contributed by atoms with van der Waals surface area (Å²) in [5.41, 5.74) is 6.75. The number of amides is 1. The van der Waals surface area contributed by atoms with Gasteiger partial charge in [-0.15, -0.1) is 0 Å². The molecule has 1 aromatic heterocycles. The Balaban J connectivity index is 1.99. The highest BCUT2D eigenvalue weighted by Crippen LogP contribution is 2.34. The first-order valence-corrected chi connectivity index (χ1v) is 8.32. The van der Waals surface area contributed by atoms with Crippen LogP contribution in [-0.4, -0.2) is 39.5 Å². The lowest BCUT2D eigenvalue weighted by molar-refractivity contribution is -0.147. The Morgan fingerprint density at radius 2 is 1.92 bits per heavy atom. The number of rotatable bonds is 2. The topological polar surface area (TPSA) is 64.2 Å². The zero-order valence-electron chi connectivity index (χ0n) is 14.2. The van der Waals surface area contributed by atoms with E-state index in [-0.39, 0.29) is 17.5 Å². The Morgan fingerprint density at radius 3 is 2.48 bits per heavy atom. The summed E-state index contributed by atoms with van der Waals surface area (Å²) in [6.07, 6.45) is -3.08. The van der Waals surface area contributed by atoms with E-state index in [1.807, 2.05) is 0 Å². The van der Waals surface area contributed by atoms with E-state index in [1.165, 1.54) is 6.07 Å². The maximum absolute atomic E-state index is 13.3. The van der Waals surface area contributed by atoms with Crippen molar-refractivity contribution < 1.29 is 18.0 Å². The third-order valence-corrected chi connectivity index (χ3v) is 4.53. The van der Waals surface area contributed by atoms with Crippen LogP contribution in [0.1, 0.15) is 48.9 Å². The van der Waals surface area contributed by atoms with Crippen molar-refractivity contribution in [2.45, 2.75) is 44.9 Å². The van der Waals surface area contributed by atoms with E-state index in [1.54, 1.807) is 30.9 Å². The number of hydrogen-bond acceptors (Lipinski definition) is 3. The number of benzene rings is 1. The number of fused-ring (bicyclic) bond motifs is 1. The molecule has 0 radical (unpaired) electrons. The monoisotopic (exact) mass is 354 g/mol. The van der Waals surface area contributed by atoms with E-state index in [4.69, 9.17) is 5.73 Å². The summed E-state index contributed by atoms with van der Waals surface area (Å²) in [6.45, 7) is 4.47. The molecule has 1 saturated heterocycles. The molecule has 1 fully saturated rings. The lowest BCUT2D eigenvalue weighted by Gasteiger charge is -2.30. The molecule has 2 N–H and O–H groups in total. The molecule has 3 rings (SSSR count). The highest BCUT2D eigenvalue weighted by atomic mass is 19.4. The van der Waals surface area contributed by atoms with Crippen molar-refractivity contribution in [1.29, 1.82) is 0 Å². The Hall–Kier alpha value is -2.09. The van der Waals surface area contributed by atoms with Crippen molar-refractivity contribution in [2.24, 2.45) is 5.73 Å². The van der Waals surface area contributed by atoms with Crippen molar-refractivity contribution in [3.8, 4) is 0 Å². The van der Waals surface area contributed by atoms with Crippen LogP contribution in [0.15, 0.2) is 18.2 Å². The molecule has 1 aliphatic heterocycles. The minimum absolute atomic E-state index is 0.0996. The van der Waals surface area contributed by atoms with Gasteiger partial charge in [-0.25, -0.2) is 4.98 Å². The number of piperidine rings is 1. The van der Waals surface area contributed by atoms with Crippen LogP contribution in [-0.2, 0) is 6.18 Å². The average molecular weight is 354 g/mol. The maximum Gasteiger partial charge on any atom is 0.449 e. The van der Waals surface area contributed by atoms with Crippen molar-refractivity contribution >= 4 is 16.9 Å². The molecule has 0 bridgehead atoms. The highest BCUT2D eigenvalue weighted by Gasteiger charge is 2.38. The van der Waals surface area contributed by atoms with E-state index < -0.39 is 18.0 Å². The Morgan fingerprint density at radius 1 is 1.28 bits per heavy atom. The van der Waals surface area contributed by atoms with Crippen molar-refractivity contribution in [1.82, 2.24) is 14.5 Å². The predicted molar refractivity (Wildman–Crippen MR) is 88.2 cm³/mol. The Kier molecular flexibility index (Phi) is 4.49. The number of aromatic nitrogens is 2. The molecule has 1 amide bonds. The summed E-state index contributed by atoms with van der Waals surface area (Å²) in [6, 6.07) is 4.26. The molecule has 0 spiro atoms. The van der Waals surface area contributed by atoms with Gasteiger partial charge in [0.1, 0.15) is 0 Å². The van der Waals surface area contributed by atoms with Gasteiger partial charge in [0.2, 0.25) is 5.82 Å². The number of likely N-dealkylation sites (tertiary alicyclic amines) is 1. The van der Waals surface area contributed by atoms with Gasteiger partial charge in [0.15, 0.2) is 0 Å². The maximum atomic E-state index is 13.3. The number of alkyl halides is 3. The van der Waals surface area contributed by atoms with Crippen molar-refractivity contribution in [3.63, 3.8) is 0 Å². The van der Waals surface area contributed by atoms with Gasteiger partial charge >= 0.3 is 6.18 Å². The standard InChI is InChI=1S/C17H21F3N4O/c1-10(2)24-14-4-3-11(9-13(14)22-16(24)17(18,19)20)15(25)23-7-5-12(21)6-8-23/h3-4,9-10,12H,5-8,21H2,1-2H3. The molecule has 2 aromatic rings. The molecule has 0 unspecified atom stereocenters. The van der Waals surface area contributed by atoms with Gasteiger partial charge < -0.3 is 15.2 Å². The van der Waals surface area contributed by atoms with Gasteiger partial charge in [0, 0.05) is 30.7 Å². The molecule has 1 aliphatic rings. The lowest BCUT2D eigenvalue weighted by atomic mass is 10.0. The number of carbonyl (C=O) groups is 1. The molecule has 8 heteroatoms. The summed E-state index contributed by atoms with van der Waals surface area (Å²) in [7, 11) is 0. The van der Waals surface area contributed by atoms with Gasteiger partial charge in [-0.3, -0.25) is 4.79 Å². The van der Waals surface area contributed by atoms with Gasteiger partial charge in [-0.05, 0) is 44.9 Å². The SMILES string of the molecule is CC(C)n1c(C(F)(F)F)nc2cc(C(=O)N3CCC(N)CC3)ccc21. The quantitative estimate of drug-likeness (QED) is 0.901. The summed E-state index contributed by atoms with van der Waals surface area (Å²) >= 11 is 0. The first-order chi connectivity index (χ1) is 11.7. The second kappa shape index (κ2) is 6.33. The highest BCUT2D eigenvalue weighted by molar-refractivity contribution is 5.97. The molecule has 0 aliphatic carbocycles. The molecule has 136 valence electrons. The number of halogens is 3. The summed E-state index contributed by atoms with van der Waals surface area (Å²) in [4.78, 5) is 18.0. The second-order valence-corrected chi connectivity index (χ2v) is 6.73. The van der Waals surface area contributed by atoms with Crippen LogP contribution in [0.3, 0.4) is 0 Å². The third kappa shape index (κ3) is 3.35. The van der Waals surface area contributed by atoms with Crippen LogP contribution in [0.2, 0.25) is 0 Å². The molecular formula is C17H21F3N4O. The van der Waals surface area contributed by atoms with E-state index in [0.29, 0.717) is 24.2 Å². The fourth-order valence-electron chi connectivity index (χ4n) is 3.24. The molecular weight excluding hydrogens is 333 g/mol. The van der Waals surface area contributed by atoms with Gasteiger partial charge in [0.05, 0.1) is 11.0 Å². The number of nitrogens with zero attached hydrogens (tertiary/aromatic N) is 3. The molecule has 0 atom stereocenters. The number of imidazole rings is 1. The number of carbonyl (C=O) groups excluding carboxylic acids is 1. The fourth-order valence-corrected chi connectivity index (χ4v) is 3.24. The first kappa shape index (κ1) is 17.7. The van der Waals surface area contributed by atoms with E-state index in [9.17, 15) is 18.0 Å². The summed E-state index contributed by atoms with van der Waals surface area (Å²) in [5.74, 6) is -1.13. The molecule has 5 nitrogen and oxygen atoms in total. The lowest BCUT2D eigenvalue weighted by Crippen LogP contribution is -2.42. The van der Waals surface area contributed by atoms with Gasteiger partial charge in [0.25, 0.3) is 5.91 Å². The molecule has 25 heavy (non-hydrogen) atoms. The number of nitrogens with two attached hydrogens (primary N) is 1. The van der Waals surface area contributed by atoms with Crippen LogP contribution < -0.4 is 5.73 Å². The van der Waals surface area contributed by atoms with E-state index in [0.717, 1.165) is 17.4 Å². The van der Waals surface area contributed by atoms with Gasteiger partial charge in [-0.1, -0.05) is 0 Å². The normalized spacial score (nSPS) is 16.8. The van der Waals surface area contributed by atoms with E-state index in [2.05, 4.69) is 4.98 Å². The smallest absolute Gasteiger partial charge is 0.339 e. The van der Waals surface area contributed by atoms with E-state index >= 15 is 0 Å². The summed E-state index contributed by atoms with van der Waals surface area (Å²) in [5, 5.41) is 0. The zero-order valence-corrected chi connectivity index (χ0v) is 14.2. The minimum Gasteiger partial charge on any atom is -0.339 e. The van der Waals surface area contributed by atoms with Crippen LogP contribution in [0.5, 0.6) is 0 Å². The van der Waals surface area contributed by atoms with Crippen molar-refractivity contribution in [3.05, 3.63) is 29.6 Å².